The summed E-state index contributed by atoms with van der Waals surface area (Å²) in [6, 6.07) is 1.80. The number of aromatic nitrogens is 5. The zero-order chi connectivity index (χ0) is 17.6. The Morgan fingerprint density at radius 3 is 2.88 bits per heavy atom. The van der Waals surface area contributed by atoms with Crippen LogP contribution >= 0.6 is 0 Å². The Hall–Kier alpha value is -2.81. The molecule has 0 unspecified atom stereocenters. The molecule has 0 spiro atoms. The number of carbonyl (C=O) groups is 1. The van der Waals surface area contributed by atoms with E-state index < -0.39 is 6.10 Å². The van der Waals surface area contributed by atoms with E-state index in [1.165, 1.54) is 0 Å². The van der Waals surface area contributed by atoms with Crippen molar-refractivity contribution in [1.29, 1.82) is 0 Å². The highest BCUT2D eigenvalue weighted by atomic mass is 16.5. The molecule has 1 aliphatic heterocycles. The summed E-state index contributed by atoms with van der Waals surface area (Å²) in [7, 11) is 0. The van der Waals surface area contributed by atoms with Gasteiger partial charge in [-0.05, 0) is 20.8 Å². The van der Waals surface area contributed by atoms with Gasteiger partial charge in [-0.25, -0.2) is 9.50 Å². The molecule has 0 aliphatic carbocycles. The molecule has 0 bridgehead atoms. The quantitative estimate of drug-likeness (QED) is 0.693. The number of hydrogen-bond acceptors (Lipinski definition) is 7. The Morgan fingerprint density at radius 1 is 1.28 bits per heavy atom. The molecule has 2 atom stereocenters. The number of morpholine rings is 1. The Balaban J connectivity index is 1.62. The van der Waals surface area contributed by atoms with Crippen molar-refractivity contribution < 1.29 is 14.1 Å². The molecular weight excluding hydrogens is 324 g/mol. The molecule has 0 saturated carbocycles. The van der Waals surface area contributed by atoms with Crippen molar-refractivity contribution in [2.45, 2.75) is 33.0 Å². The number of fused-ring (bicyclic) bond motifs is 1. The summed E-state index contributed by atoms with van der Waals surface area (Å²) < 4.78 is 12.7. The zero-order valence-electron chi connectivity index (χ0n) is 14.2. The largest absolute Gasteiger partial charge is 0.362 e. The number of amides is 1. The van der Waals surface area contributed by atoms with Crippen molar-refractivity contribution in [1.82, 2.24) is 29.6 Å². The van der Waals surface area contributed by atoms with Crippen molar-refractivity contribution in [3.8, 4) is 0 Å². The van der Waals surface area contributed by atoms with Gasteiger partial charge in [-0.15, -0.1) is 0 Å². The molecule has 0 aromatic carbocycles. The topological polar surface area (TPSA) is 98.7 Å². The number of rotatable bonds is 2. The Kier molecular flexibility index (Phi) is 3.72. The van der Waals surface area contributed by atoms with Gasteiger partial charge >= 0.3 is 0 Å². The van der Waals surface area contributed by atoms with Crippen molar-refractivity contribution in [3.05, 3.63) is 41.4 Å². The van der Waals surface area contributed by atoms with E-state index in [0.29, 0.717) is 41.7 Å². The first-order chi connectivity index (χ1) is 12.0. The third-order valence-electron chi connectivity index (χ3n) is 4.17. The maximum Gasteiger partial charge on any atom is 0.257 e. The van der Waals surface area contributed by atoms with E-state index >= 15 is 0 Å². The lowest BCUT2D eigenvalue weighted by Crippen LogP contribution is -2.46. The first-order valence-electron chi connectivity index (χ1n) is 8.07. The molecule has 4 rings (SSSR count). The third-order valence-corrected chi connectivity index (χ3v) is 4.17. The Labute approximate surface area is 143 Å². The fraction of sp³-hybridized carbons (Fsp3) is 0.438. The molecular formula is C16H18N6O3. The maximum atomic E-state index is 13.0. The molecule has 0 radical (unpaired) electrons. The summed E-state index contributed by atoms with van der Waals surface area (Å²) in [6.07, 6.45) is 2.79. The lowest BCUT2D eigenvalue weighted by molar-refractivity contribution is -0.0810. The highest BCUT2D eigenvalue weighted by Gasteiger charge is 2.33. The third kappa shape index (κ3) is 2.86. The van der Waals surface area contributed by atoms with Crippen LogP contribution in [0.5, 0.6) is 0 Å². The molecule has 25 heavy (non-hydrogen) atoms. The van der Waals surface area contributed by atoms with E-state index in [0.717, 1.165) is 0 Å². The van der Waals surface area contributed by atoms with Crippen LogP contribution < -0.4 is 0 Å². The van der Waals surface area contributed by atoms with Crippen molar-refractivity contribution in [3.63, 3.8) is 0 Å². The highest BCUT2D eigenvalue weighted by Crippen LogP contribution is 2.25. The van der Waals surface area contributed by atoms with E-state index in [-0.39, 0.29) is 12.0 Å². The molecule has 4 heterocycles. The first kappa shape index (κ1) is 15.7. The molecule has 3 aromatic rings. The van der Waals surface area contributed by atoms with E-state index in [1.807, 2.05) is 13.8 Å². The molecule has 1 saturated heterocycles. The van der Waals surface area contributed by atoms with Crippen molar-refractivity contribution in [2.75, 3.05) is 13.1 Å². The van der Waals surface area contributed by atoms with Crippen LogP contribution in [0, 0.1) is 13.8 Å². The number of hydrogen-bond donors (Lipinski definition) is 0. The summed E-state index contributed by atoms with van der Waals surface area (Å²) in [5, 5.41) is 7.95. The standard InChI is InChI=1S/C16H18N6O3/c1-9-6-21(8-13(24-9)15-19-11(3)20-25-15)16(23)12-7-22-14(4-5-17-22)18-10(12)2/h4-5,7,9,13H,6,8H2,1-3H3/t9-,13-/m1/s1. The summed E-state index contributed by atoms with van der Waals surface area (Å²) in [5.74, 6) is 0.817. The summed E-state index contributed by atoms with van der Waals surface area (Å²) in [6.45, 7) is 6.32. The molecule has 130 valence electrons. The van der Waals surface area contributed by atoms with E-state index in [4.69, 9.17) is 9.26 Å². The zero-order valence-corrected chi connectivity index (χ0v) is 14.2. The lowest BCUT2D eigenvalue weighted by atomic mass is 10.1. The van der Waals surface area contributed by atoms with Gasteiger partial charge in [0.15, 0.2) is 17.6 Å². The SMILES string of the molecule is Cc1noc([C@H]2CN(C(=O)c3cn4nccc4nc3C)C[C@@H](C)O2)n1. The Morgan fingerprint density at radius 2 is 2.12 bits per heavy atom. The number of carbonyl (C=O) groups excluding carboxylic acids is 1. The minimum absolute atomic E-state index is 0.112. The monoisotopic (exact) mass is 342 g/mol. The minimum Gasteiger partial charge on any atom is -0.362 e. The van der Waals surface area contributed by atoms with Crippen LogP contribution in [0.1, 0.15) is 40.8 Å². The van der Waals surface area contributed by atoms with Gasteiger partial charge in [0.1, 0.15) is 0 Å². The Bertz CT molecular complexity index is 933. The fourth-order valence-corrected chi connectivity index (χ4v) is 3.02. The molecule has 0 N–H and O–H groups in total. The van der Waals surface area contributed by atoms with Gasteiger partial charge < -0.3 is 14.2 Å². The normalized spacial score (nSPS) is 21.0. The first-order valence-corrected chi connectivity index (χ1v) is 8.07. The summed E-state index contributed by atoms with van der Waals surface area (Å²) >= 11 is 0. The number of aryl methyl sites for hydroxylation is 2. The highest BCUT2D eigenvalue weighted by molar-refractivity contribution is 5.95. The van der Waals surface area contributed by atoms with Gasteiger partial charge in [0.2, 0.25) is 0 Å². The van der Waals surface area contributed by atoms with Gasteiger partial charge in [-0.3, -0.25) is 4.79 Å². The minimum atomic E-state index is -0.435. The van der Waals surface area contributed by atoms with Gasteiger partial charge in [0.05, 0.1) is 30.1 Å². The second-order valence-electron chi connectivity index (χ2n) is 6.20. The van der Waals surface area contributed by atoms with Crippen LogP contribution in [-0.4, -0.2) is 54.7 Å². The smallest absolute Gasteiger partial charge is 0.257 e. The average Bonchev–Trinajstić information content (AvgIpc) is 3.21. The molecule has 3 aromatic heterocycles. The van der Waals surface area contributed by atoms with E-state index in [2.05, 4.69) is 20.2 Å². The van der Waals surface area contributed by atoms with Gasteiger partial charge in [-0.1, -0.05) is 5.16 Å². The molecule has 1 fully saturated rings. The van der Waals surface area contributed by atoms with Crippen molar-refractivity contribution >= 4 is 11.6 Å². The molecule has 1 amide bonds. The number of ether oxygens (including phenoxy) is 1. The van der Waals surface area contributed by atoms with Crippen LogP contribution in [0.25, 0.3) is 5.65 Å². The van der Waals surface area contributed by atoms with Crippen LogP contribution in [0.3, 0.4) is 0 Å². The van der Waals surface area contributed by atoms with Gasteiger partial charge in [0.25, 0.3) is 11.8 Å². The molecule has 9 heteroatoms. The molecule has 1 aliphatic rings. The van der Waals surface area contributed by atoms with Gasteiger partial charge in [0, 0.05) is 18.8 Å². The summed E-state index contributed by atoms with van der Waals surface area (Å²) in [5.41, 5.74) is 1.90. The van der Waals surface area contributed by atoms with Crippen molar-refractivity contribution in [2.24, 2.45) is 0 Å². The predicted octanol–water partition coefficient (Wildman–Crippen LogP) is 1.33. The second-order valence-corrected chi connectivity index (χ2v) is 6.20. The van der Waals surface area contributed by atoms with E-state index in [9.17, 15) is 4.79 Å². The average molecular weight is 342 g/mol. The number of nitrogens with zero attached hydrogens (tertiary/aromatic N) is 6. The van der Waals surface area contributed by atoms with Crippen LogP contribution in [0.15, 0.2) is 23.0 Å². The summed E-state index contributed by atoms with van der Waals surface area (Å²) in [4.78, 5) is 23.4. The fourth-order valence-electron chi connectivity index (χ4n) is 3.02. The van der Waals surface area contributed by atoms with Gasteiger partial charge in [-0.2, -0.15) is 10.1 Å². The van der Waals surface area contributed by atoms with Crippen LogP contribution in [-0.2, 0) is 4.74 Å². The molecule has 9 nitrogen and oxygen atoms in total. The van der Waals surface area contributed by atoms with Crippen LogP contribution in [0.2, 0.25) is 0 Å². The van der Waals surface area contributed by atoms with Crippen LogP contribution in [0.4, 0.5) is 0 Å². The predicted molar refractivity (Wildman–Crippen MR) is 86.0 cm³/mol. The lowest BCUT2D eigenvalue weighted by Gasteiger charge is -2.35. The second kappa shape index (κ2) is 5.92. The van der Waals surface area contributed by atoms with E-state index in [1.54, 1.807) is 34.8 Å². The maximum absolute atomic E-state index is 13.0.